The molecule has 1 N–H and O–H groups in total. The van der Waals surface area contributed by atoms with Crippen molar-refractivity contribution in [1.82, 2.24) is 10.2 Å². The topological polar surface area (TPSA) is 60.0 Å². The number of amides is 1. The van der Waals surface area contributed by atoms with Gasteiger partial charge in [-0.25, -0.2) is 0 Å². The van der Waals surface area contributed by atoms with E-state index in [-0.39, 0.29) is 18.1 Å². The smallest absolute Gasteiger partial charge is 0.234 e. The minimum Gasteiger partial charge on any atom is -0.493 e. The average Bonchev–Trinajstić information content (AvgIpc) is 3.15. The Bertz CT molecular complexity index is 588. The van der Waals surface area contributed by atoms with Gasteiger partial charge in [0.2, 0.25) is 5.91 Å². The highest BCUT2D eigenvalue weighted by molar-refractivity contribution is 5.78. The molecule has 2 rings (SSSR count). The summed E-state index contributed by atoms with van der Waals surface area (Å²) >= 11 is 0. The van der Waals surface area contributed by atoms with Crippen molar-refractivity contribution in [2.75, 3.05) is 41.0 Å². The first-order valence-electron chi connectivity index (χ1n) is 9.85. The van der Waals surface area contributed by atoms with Gasteiger partial charge in [0.05, 0.1) is 25.8 Å². The van der Waals surface area contributed by atoms with E-state index in [4.69, 9.17) is 14.2 Å². The number of benzene rings is 1. The number of carbonyl (C=O) groups is 1. The van der Waals surface area contributed by atoms with Crippen molar-refractivity contribution in [3.05, 3.63) is 23.8 Å². The van der Waals surface area contributed by atoms with E-state index in [2.05, 4.69) is 5.32 Å². The molecule has 1 saturated carbocycles. The van der Waals surface area contributed by atoms with Crippen LogP contribution in [0.2, 0.25) is 0 Å². The molecule has 1 amide bonds. The predicted molar refractivity (Wildman–Crippen MR) is 106 cm³/mol. The van der Waals surface area contributed by atoms with E-state index in [1.165, 1.54) is 12.8 Å². The molecule has 152 valence electrons. The minimum atomic E-state index is -0.0979. The number of hydrogen-bond acceptors (Lipinski definition) is 5. The number of carbonyl (C=O) groups excluding carboxylic acids is 1. The van der Waals surface area contributed by atoms with Crippen molar-refractivity contribution in [3.63, 3.8) is 0 Å². The van der Waals surface area contributed by atoms with Crippen LogP contribution in [0.25, 0.3) is 0 Å². The monoisotopic (exact) mass is 378 g/mol. The fourth-order valence-electron chi connectivity index (χ4n) is 3.41. The first kappa shape index (κ1) is 21.5. The van der Waals surface area contributed by atoms with Crippen LogP contribution in [-0.4, -0.2) is 57.9 Å². The van der Waals surface area contributed by atoms with Crippen molar-refractivity contribution >= 4 is 5.91 Å². The lowest BCUT2D eigenvalue weighted by Gasteiger charge is -2.21. The van der Waals surface area contributed by atoms with Crippen LogP contribution in [-0.2, 0) is 9.53 Å². The highest BCUT2D eigenvalue weighted by atomic mass is 16.5. The molecule has 27 heavy (non-hydrogen) atoms. The molecule has 6 nitrogen and oxygen atoms in total. The summed E-state index contributed by atoms with van der Waals surface area (Å²) in [6, 6.07) is 5.81. The zero-order valence-electron chi connectivity index (χ0n) is 17.1. The molecule has 0 radical (unpaired) electrons. The van der Waals surface area contributed by atoms with Crippen LogP contribution in [0, 0.1) is 0 Å². The second-order valence-electron chi connectivity index (χ2n) is 7.31. The third kappa shape index (κ3) is 7.03. The molecule has 1 aliphatic carbocycles. The molecule has 1 unspecified atom stereocenters. The van der Waals surface area contributed by atoms with Crippen molar-refractivity contribution in [2.45, 2.75) is 51.2 Å². The van der Waals surface area contributed by atoms with Crippen molar-refractivity contribution < 1.29 is 19.0 Å². The Hall–Kier alpha value is -1.79. The van der Waals surface area contributed by atoms with Gasteiger partial charge < -0.3 is 19.5 Å². The number of rotatable bonds is 11. The summed E-state index contributed by atoms with van der Waals surface area (Å²) in [5.74, 6) is 1.51. The molecule has 0 aliphatic heterocycles. The summed E-state index contributed by atoms with van der Waals surface area (Å²) < 4.78 is 16.6. The first-order chi connectivity index (χ1) is 13.0. The lowest BCUT2D eigenvalue weighted by atomic mass is 10.1. The van der Waals surface area contributed by atoms with Gasteiger partial charge in [-0.15, -0.1) is 0 Å². The maximum Gasteiger partial charge on any atom is 0.234 e. The van der Waals surface area contributed by atoms with Gasteiger partial charge >= 0.3 is 0 Å². The number of nitrogens with zero attached hydrogens (tertiary/aromatic N) is 1. The predicted octanol–water partition coefficient (Wildman–Crippen LogP) is 3.16. The quantitative estimate of drug-likeness (QED) is 0.600. The fourth-order valence-corrected chi connectivity index (χ4v) is 3.41. The lowest BCUT2D eigenvalue weighted by molar-refractivity contribution is -0.122. The largest absolute Gasteiger partial charge is 0.493 e. The van der Waals surface area contributed by atoms with E-state index in [0.717, 1.165) is 42.9 Å². The summed E-state index contributed by atoms with van der Waals surface area (Å²) in [7, 11) is 5.28. The third-order valence-corrected chi connectivity index (χ3v) is 4.96. The van der Waals surface area contributed by atoms with Crippen LogP contribution in [0.1, 0.15) is 50.6 Å². The Labute approximate surface area is 163 Å². The van der Waals surface area contributed by atoms with E-state index in [9.17, 15) is 4.79 Å². The molecule has 0 heterocycles. The van der Waals surface area contributed by atoms with Crippen LogP contribution < -0.4 is 14.8 Å². The van der Waals surface area contributed by atoms with Gasteiger partial charge in [0.25, 0.3) is 0 Å². The molecule has 0 bridgehead atoms. The Morgan fingerprint density at radius 1 is 1.26 bits per heavy atom. The second-order valence-corrected chi connectivity index (χ2v) is 7.31. The van der Waals surface area contributed by atoms with E-state index >= 15 is 0 Å². The zero-order chi connectivity index (χ0) is 19.6. The number of likely N-dealkylation sites (N-methyl/N-ethyl adjacent to an activating group) is 1. The van der Waals surface area contributed by atoms with Crippen LogP contribution in [0.4, 0.5) is 0 Å². The second kappa shape index (κ2) is 11.1. The summed E-state index contributed by atoms with van der Waals surface area (Å²) in [4.78, 5) is 14.3. The van der Waals surface area contributed by atoms with Crippen molar-refractivity contribution in [1.29, 1.82) is 0 Å². The molecule has 0 saturated heterocycles. The first-order valence-corrected chi connectivity index (χ1v) is 9.85. The van der Waals surface area contributed by atoms with Crippen LogP contribution in [0.5, 0.6) is 11.5 Å². The number of methoxy groups -OCH3 is 2. The van der Waals surface area contributed by atoms with Gasteiger partial charge in [0.1, 0.15) is 0 Å². The normalized spacial score (nSPS) is 15.7. The van der Waals surface area contributed by atoms with Gasteiger partial charge in [-0.2, -0.15) is 0 Å². The van der Waals surface area contributed by atoms with Gasteiger partial charge in [-0.05, 0) is 63.8 Å². The Balaban J connectivity index is 1.89. The minimum absolute atomic E-state index is 0.00710. The van der Waals surface area contributed by atoms with E-state index in [0.29, 0.717) is 13.2 Å². The molecule has 1 atom stereocenters. The van der Waals surface area contributed by atoms with Gasteiger partial charge in [0.15, 0.2) is 11.5 Å². The molecular weight excluding hydrogens is 344 g/mol. The fraction of sp³-hybridized carbons (Fsp3) is 0.667. The van der Waals surface area contributed by atoms with Crippen molar-refractivity contribution in [3.8, 4) is 11.5 Å². The highest BCUT2D eigenvalue weighted by Crippen LogP contribution is 2.33. The highest BCUT2D eigenvalue weighted by Gasteiger charge is 2.19. The van der Waals surface area contributed by atoms with E-state index in [1.54, 1.807) is 14.2 Å². The molecule has 6 heteroatoms. The maximum atomic E-state index is 12.3. The Morgan fingerprint density at radius 2 is 2.00 bits per heavy atom. The molecular formula is C21H34N2O4. The third-order valence-electron chi connectivity index (χ3n) is 4.96. The number of ether oxygens (including phenoxy) is 3. The average molecular weight is 379 g/mol. The summed E-state index contributed by atoms with van der Waals surface area (Å²) in [5, 5.41) is 3.05. The van der Waals surface area contributed by atoms with Crippen LogP contribution in [0.15, 0.2) is 18.2 Å². The number of nitrogens with one attached hydrogen (secondary N) is 1. The van der Waals surface area contributed by atoms with Crippen molar-refractivity contribution in [2.24, 2.45) is 0 Å². The van der Waals surface area contributed by atoms with Crippen LogP contribution >= 0.6 is 0 Å². The summed E-state index contributed by atoms with van der Waals surface area (Å²) in [6.45, 7) is 3.89. The zero-order valence-corrected chi connectivity index (χ0v) is 17.1. The van der Waals surface area contributed by atoms with E-state index < -0.39 is 0 Å². The molecule has 1 aliphatic rings. The molecule has 0 spiro atoms. The summed E-state index contributed by atoms with van der Waals surface area (Å²) in [5.41, 5.74) is 1.00. The van der Waals surface area contributed by atoms with E-state index in [1.807, 2.05) is 37.1 Å². The SMILES string of the molecule is COCCCN(C)CC(=O)NC(C)c1ccc(OC2CCCC2)c(OC)c1. The van der Waals surface area contributed by atoms with Gasteiger partial charge in [0, 0.05) is 20.3 Å². The molecule has 1 fully saturated rings. The Kier molecular flexibility index (Phi) is 8.88. The standard InChI is InChI=1S/C21H34N2O4/c1-16(22-21(24)15-23(2)12-7-13-25-3)17-10-11-19(20(14-17)26-4)27-18-8-5-6-9-18/h10-11,14,16,18H,5-9,12-13,15H2,1-4H3,(H,22,24). The Morgan fingerprint density at radius 3 is 2.67 bits per heavy atom. The lowest BCUT2D eigenvalue weighted by Crippen LogP contribution is -2.37. The van der Waals surface area contributed by atoms with Crippen LogP contribution in [0.3, 0.4) is 0 Å². The van der Waals surface area contributed by atoms with Gasteiger partial charge in [-0.1, -0.05) is 6.07 Å². The number of hydrogen-bond donors (Lipinski definition) is 1. The maximum absolute atomic E-state index is 12.3. The molecule has 1 aromatic carbocycles. The van der Waals surface area contributed by atoms with Gasteiger partial charge in [-0.3, -0.25) is 9.69 Å². The summed E-state index contributed by atoms with van der Waals surface area (Å²) in [6.07, 6.45) is 5.87. The molecule has 1 aromatic rings. The molecule has 0 aromatic heterocycles.